The lowest BCUT2D eigenvalue weighted by Crippen LogP contribution is -2.44. The zero-order chi connectivity index (χ0) is 28.7. The molecule has 0 fully saturated rings. The Balaban J connectivity index is 1.73. The van der Waals surface area contributed by atoms with E-state index < -0.39 is 0 Å². The maximum atomic E-state index is 13.6. The normalized spacial score (nSPS) is 10.8. The van der Waals surface area contributed by atoms with Gasteiger partial charge in [0.05, 0.1) is 33.6 Å². The first kappa shape index (κ1) is 30.8. The first-order valence-electron chi connectivity index (χ1n) is 13.9. The fourth-order valence-electron chi connectivity index (χ4n) is 4.48. The molecule has 0 aliphatic rings. The third kappa shape index (κ3) is 9.16. The van der Waals surface area contributed by atoms with Crippen LogP contribution in [0.5, 0.6) is 11.5 Å². The van der Waals surface area contributed by atoms with Crippen molar-refractivity contribution in [1.29, 1.82) is 0 Å². The molecular formula is C32H42N2O6. The molecule has 2 aromatic carbocycles. The number of carbonyl (C=O) groups is 2. The lowest BCUT2D eigenvalue weighted by Gasteiger charge is -2.27. The number of furan rings is 1. The molecule has 3 aromatic rings. The van der Waals surface area contributed by atoms with Crippen molar-refractivity contribution < 1.29 is 28.2 Å². The van der Waals surface area contributed by atoms with Gasteiger partial charge >= 0.3 is 0 Å². The predicted octanol–water partition coefficient (Wildman–Crippen LogP) is 5.39. The van der Waals surface area contributed by atoms with Crippen molar-refractivity contribution in [2.45, 2.75) is 45.6 Å². The standard InChI is InChI=1S/C32H42N2O6/c1-5-6-7-9-25-11-14-27(15-12-25)32(36)34(19-21-37-2)24-31(35)33(23-28-10-8-20-40-28)18-17-26-13-16-29(38-3)30(22-26)39-4/h8,10-16,20,22H,5-7,9,17-19,21,23-24H2,1-4H3. The third-order valence-corrected chi connectivity index (χ3v) is 6.85. The highest BCUT2D eigenvalue weighted by molar-refractivity contribution is 5.96. The van der Waals surface area contributed by atoms with Crippen molar-refractivity contribution in [1.82, 2.24) is 9.80 Å². The number of ether oxygens (including phenoxy) is 3. The van der Waals surface area contributed by atoms with E-state index in [2.05, 4.69) is 6.92 Å². The minimum Gasteiger partial charge on any atom is -0.493 e. The molecule has 0 saturated carbocycles. The molecule has 1 aromatic heterocycles. The second-order valence-electron chi connectivity index (χ2n) is 9.71. The average Bonchev–Trinajstić information content (AvgIpc) is 3.50. The van der Waals surface area contributed by atoms with E-state index in [1.165, 1.54) is 18.4 Å². The zero-order valence-corrected chi connectivity index (χ0v) is 24.2. The molecule has 0 unspecified atom stereocenters. The Morgan fingerprint density at radius 2 is 1.57 bits per heavy atom. The van der Waals surface area contributed by atoms with Gasteiger partial charge in [-0.1, -0.05) is 38.0 Å². The van der Waals surface area contributed by atoms with Crippen LogP contribution in [0.25, 0.3) is 0 Å². The maximum Gasteiger partial charge on any atom is 0.254 e. The predicted molar refractivity (Wildman–Crippen MR) is 155 cm³/mol. The second-order valence-corrected chi connectivity index (χ2v) is 9.71. The molecule has 0 aliphatic heterocycles. The topological polar surface area (TPSA) is 81.5 Å². The Morgan fingerprint density at radius 1 is 0.825 bits per heavy atom. The molecule has 40 heavy (non-hydrogen) atoms. The zero-order valence-electron chi connectivity index (χ0n) is 24.2. The SMILES string of the molecule is CCCCCc1ccc(C(=O)N(CCOC)CC(=O)N(CCc2ccc(OC)c(OC)c2)Cc2ccco2)cc1. The van der Waals surface area contributed by atoms with Gasteiger partial charge < -0.3 is 28.4 Å². The molecule has 0 saturated heterocycles. The monoisotopic (exact) mass is 550 g/mol. The first-order valence-corrected chi connectivity index (χ1v) is 13.9. The Labute approximate surface area is 237 Å². The number of nitrogens with zero attached hydrogens (tertiary/aromatic N) is 2. The third-order valence-electron chi connectivity index (χ3n) is 6.85. The average molecular weight is 551 g/mol. The minimum atomic E-state index is -0.191. The van der Waals surface area contributed by atoms with Crippen LogP contribution in [-0.4, -0.2) is 69.2 Å². The van der Waals surface area contributed by atoms with Gasteiger partial charge in [0, 0.05) is 25.8 Å². The van der Waals surface area contributed by atoms with Crippen LogP contribution in [0.4, 0.5) is 0 Å². The van der Waals surface area contributed by atoms with Crippen molar-refractivity contribution in [3.8, 4) is 11.5 Å². The highest BCUT2D eigenvalue weighted by Crippen LogP contribution is 2.28. The number of hydrogen-bond donors (Lipinski definition) is 0. The van der Waals surface area contributed by atoms with Crippen molar-refractivity contribution in [3.63, 3.8) is 0 Å². The van der Waals surface area contributed by atoms with Gasteiger partial charge in [0.2, 0.25) is 5.91 Å². The van der Waals surface area contributed by atoms with Crippen LogP contribution in [-0.2, 0) is 28.9 Å². The fraction of sp³-hybridized carbons (Fsp3) is 0.438. The van der Waals surface area contributed by atoms with E-state index in [1.54, 1.807) is 43.5 Å². The minimum absolute atomic E-state index is 0.0624. The number of hydrogen-bond acceptors (Lipinski definition) is 6. The molecule has 216 valence electrons. The molecule has 0 aliphatic carbocycles. The lowest BCUT2D eigenvalue weighted by molar-refractivity contribution is -0.132. The smallest absolute Gasteiger partial charge is 0.254 e. The number of methoxy groups -OCH3 is 3. The molecule has 8 heteroatoms. The largest absolute Gasteiger partial charge is 0.493 e. The van der Waals surface area contributed by atoms with E-state index in [0.717, 1.165) is 18.4 Å². The second kappa shape index (κ2) is 16.4. The molecule has 0 radical (unpaired) electrons. The van der Waals surface area contributed by atoms with Crippen LogP contribution in [0.2, 0.25) is 0 Å². The molecule has 3 rings (SSSR count). The first-order chi connectivity index (χ1) is 19.5. The van der Waals surface area contributed by atoms with Crippen LogP contribution in [0, 0.1) is 0 Å². The lowest BCUT2D eigenvalue weighted by atomic mass is 10.0. The van der Waals surface area contributed by atoms with Gasteiger partial charge in [0.1, 0.15) is 12.3 Å². The van der Waals surface area contributed by atoms with Crippen LogP contribution < -0.4 is 9.47 Å². The Kier molecular flexibility index (Phi) is 12.6. The van der Waals surface area contributed by atoms with E-state index in [-0.39, 0.29) is 18.4 Å². The van der Waals surface area contributed by atoms with Gasteiger partial charge in [-0.2, -0.15) is 0 Å². The number of unbranched alkanes of at least 4 members (excludes halogenated alkanes) is 2. The van der Waals surface area contributed by atoms with Gasteiger partial charge in [-0.15, -0.1) is 0 Å². The van der Waals surface area contributed by atoms with Crippen molar-refractivity contribution in [3.05, 3.63) is 83.3 Å². The Bertz CT molecular complexity index is 1180. The van der Waals surface area contributed by atoms with Crippen LogP contribution >= 0.6 is 0 Å². The summed E-state index contributed by atoms with van der Waals surface area (Å²) in [7, 11) is 4.78. The summed E-state index contributed by atoms with van der Waals surface area (Å²) >= 11 is 0. The summed E-state index contributed by atoms with van der Waals surface area (Å²) in [5.41, 5.74) is 2.77. The summed E-state index contributed by atoms with van der Waals surface area (Å²) in [6.45, 7) is 3.50. The summed E-state index contributed by atoms with van der Waals surface area (Å²) in [5, 5.41) is 0. The maximum absolute atomic E-state index is 13.6. The Hall–Kier alpha value is -3.78. The van der Waals surface area contributed by atoms with E-state index in [0.29, 0.717) is 55.5 Å². The summed E-state index contributed by atoms with van der Waals surface area (Å²) < 4.78 is 21.6. The van der Waals surface area contributed by atoms with Crippen LogP contribution in [0.15, 0.2) is 65.3 Å². The number of rotatable bonds is 17. The van der Waals surface area contributed by atoms with Crippen molar-refractivity contribution >= 4 is 11.8 Å². The molecule has 0 N–H and O–H groups in total. The van der Waals surface area contributed by atoms with Crippen LogP contribution in [0.3, 0.4) is 0 Å². The number of aryl methyl sites for hydroxylation is 1. The van der Waals surface area contributed by atoms with E-state index >= 15 is 0 Å². The van der Waals surface area contributed by atoms with Gasteiger partial charge in [0.25, 0.3) is 5.91 Å². The summed E-state index contributed by atoms with van der Waals surface area (Å²) in [5.74, 6) is 1.60. The summed E-state index contributed by atoms with van der Waals surface area (Å²) in [6.07, 6.45) is 6.67. The van der Waals surface area contributed by atoms with E-state index in [9.17, 15) is 9.59 Å². The fourth-order valence-corrected chi connectivity index (χ4v) is 4.48. The molecule has 2 amide bonds. The highest BCUT2D eigenvalue weighted by Gasteiger charge is 2.23. The number of carbonyl (C=O) groups excluding carboxylic acids is 2. The van der Waals surface area contributed by atoms with Gasteiger partial charge in [-0.3, -0.25) is 9.59 Å². The molecule has 0 bridgehead atoms. The molecule has 1 heterocycles. The van der Waals surface area contributed by atoms with Gasteiger partial charge in [-0.25, -0.2) is 0 Å². The Morgan fingerprint density at radius 3 is 2.23 bits per heavy atom. The molecule has 0 atom stereocenters. The van der Waals surface area contributed by atoms with E-state index in [4.69, 9.17) is 18.6 Å². The van der Waals surface area contributed by atoms with Gasteiger partial charge in [-0.05, 0) is 66.8 Å². The van der Waals surface area contributed by atoms with Crippen molar-refractivity contribution in [2.24, 2.45) is 0 Å². The molecule has 8 nitrogen and oxygen atoms in total. The quantitative estimate of drug-likeness (QED) is 0.210. The number of amides is 2. The molecular weight excluding hydrogens is 508 g/mol. The van der Waals surface area contributed by atoms with Crippen LogP contribution in [0.1, 0.15) is 53.4 Å². The number of benzene rings is 2. The molecule has 0 spiro atoms. The summed E-state index contributed by atoms with van der Waals surface area (Å²) in [4.78, 5) is 30.4. The summed E-state index contributed by atoms with van der Waals surface area (Å²) in [6, 6.07) is 17.1. The van der Waals surface area contributed by atoms with Gasteiger partial charge in [0.15, 0.2) is 11.5 Å². The highest BCUT2D eigenvalue weighted by atomic mass is 16.5. The van der Waals surface area contributed by atoms with E-state index in [1.807, 2.05) is 48.5 Å². The van der Waals surface area contributed by atoms with Crippen molar-refractivity contribution in [2.75, 3.05) is 47.6 Å².